The summed E-state index contributed by atoms with van der Waals surface area (Å²) in [5.74, 6) is 1.60. The van der Waals surface area contributed by atoms with Crippen molar-refractivity contribution in [2.24, 2.45) is 18.9 Å². The first-order chi connectivity index (χ1) is 9.15. The fraction of sp³-hybridized carbons (Fsp3) is 0.643. The van der Waals surface area contributed by atoms with Crippen LogP contribution >= 0.6 is 11.6 Å². The highest BCUT2D eigenvalue weighted by Crippen LogP contribution is 2.28. The van der Waals surface area contributed by atoms with Crippen LogP contribution in [0, 0.1) is 11.8 Å². The average molecular weight is 282 g/mol. The number of carbonyl (C=O) groups excluding carboxylic acids is 1. The minimum absolute atomic E-state index is 0.113. The van der Waals surface area contributed by atoms with Crippen LogP contribution in [0.5, 0.6) is 0 Å². The molecule has 1 aromatic rings. The first-order valence-corrected chi connectivity index (χ1v) is 7.35. The molecule has 2 fully saturated rings. The van der Waals surface area contributed by atoms with Gasteiger partial charge < -0.3 is 14.8 Å². The molecule has 0 aliphatic carbocycles. The van der Waals surface area contributed by atoms with Crippen LogP contribution in [0.1, 0.15) is 23.3 Å². The third kappa shape index (κ3) is 2.51. The molecule has 0 spiro atoms. The van der Waals surface area contributed by atoms with Gasteiger partial charge in [0.2, 0.25) is 0 Å². The van der Waals surface area contributed by atoms with Gasteiger partial charge in [0.15, 0.2) is 0 Å². The van der Waals surface area contributed by atoms with Gasteiger partial charge in [-0.3, -0.25) is 4.79 Å². The Balaban J connectivity index is 1.72. The smallest absolute Gasteiger partial charge is 0.270 e. The van der Waals surface area contributed by atoms with E-state index in [9.17, 15) is 4.79 Å². The Bertz CT molecular complexity index is 471. The third-order valence-corrected chi connectivity index (χ3v) is 4.70. The van der Waals surface area contributed by atoms with Gasteiger partial charge in [-0.2, -0.15) is 0 Å². The second-order valence-electron chi connectivity index (χ2n) is 5.70. The molecule has 1 aromatic heterocycles. The molecule has 1 N–H and O–H groups in total. The minimum atomic E-state index is 0.113. The van der Waals surface area contributed by atoms with Gasteiger partial charge in [0.1, 0.15) is 5.69 Å². The Labute approximate surface area is 118 Å². The standard InChI is InChI=1S/C14H20ClN3O/c1-17-9-12(15)6-13(17)14(19)18-4-2-10-7-16-8-11(10)3-5-18/h6,9-11,16H,2-5,7-8H2,1H3/t10-,11+. The topological polar surface area (TPSA) is 37.3 Å². The van der Waals surface area contributed by atoms with Crippen molar-refractivity contribution in [1.29, 1.82) is 0 Å². The lowest BCUT2D eigenvalue weighted by atomic mass is 9.92. The minimum Gasteiger partial charge on any atom is -0.345 e. The van der Waals surface area contributed by atoms with Gasteiger partial charge in [-0.05, 0) is 43.8 Å². The molecule has 2 aliphatic heterocycles. The predicted octanol–water partition coefficient (Wildman–Crippen LogP) is 1.75. The van der Waals surface area contributed by atoms with Crippen LogP contribution in [0.4, 0.5) is 0 Å². The Morgan fingerprint density at radius 2 is 1.95 bits per heavy atom. The lowest BCUT2D eigenvalue weighted by molar-refractivity contribution is 0.0749. The Hall–Kier alpha value is -1.00. The van der Waals surface area contributed by atoms with Crippen LogP contribution in [0.2, 0.25) is 5.02 Å². The van der Waals surface area contributed by atoms with Crippen molar-refractivity contribution in [1.82, 2.24) is 14.8 Å². The molecule has 1 amide bonds. The molecular formula is C14H20ClN3O. The number of hydrogen-bond donors (Lipinski definition) is 1. The number of likely N-dealkylation sites (tertiary alicyclic amines) is 1. The molecule has 104 valence electrons. The second-order valence-corrected chi connectivity index (χ2v) is 6.14. The summed E-state index contributed by atoms with van der Waals surface area (Å²) >= 11 is 5.96. The maximum Gasteiger partial charge on any atom is 0.270 e. The van der Waals surface area contributed by atoms with E-state index in [-0.39, 0.29) is 5.91 Å². The van der Waals surface area contributed by atoms with E-state index in [1.807, 2.05) is 16.5 Å². The maximum absolute atomic E-state index is 12.5. The fourth-order valence-electron chi connectivity index (χ4n) is 3.32. The van der Waals surface area contributed by atoms with Gasteiger partial charge in [-0.15, -0.1) is 0 Å². The number of hydrogen-bond acceptors (Lipinski definition) is 2. The van der Waals surface area contributed by atoms with Gasteiger partial charge in [0, 0.05) is 26.3 Å². The van der Waals surface area contributed by atoms with E-state index in [2.05, 4.69) is 5.32 Å². The molecule has 4 nitrogen and oxygen atoms in total. The molecular weight excluding hydrogens is 262 g/mol. The SMILES string of the molecule is Cn1cc(Cl)cc1C(=O)N1CC[C@@H]2CNC[C@@H]2CC1. The molecule has 5 heteroatoms. The maximum atomic E-state index is 12.5. The number of fused-ring (bicyclic) bond motifs is 1. The number of aromatic nitrogens is 1. The van der Waals surface area contributed by atoms with Gasteiger partial charge in [0.05, 0.1) is 5.02 Å². The summed E-state index contributed by atoms with van der Waals surface area (Å²) in [6, 6.07) is 1.76. The van der Waals surface area contributed by atoms with Crippen molar-refractivity contribution in [3.05, 3.63) is 23.0 Å². The predicted molar refractivity (Wildman–Crippen MR) is 75.4 cm³/mol. The van der Waals surface area contributed by atoms with Crippen LogP contribution in [0.25, 0.3) is 0 Å². The van der Waals surface area contributed by atoms with E-state index < -0.39 is 0 Å². The molecule has 0 saturated carbocycles. The van der Waals surface area contributed by atoms with Crippen molar-refractivity contribution in [3.63, 3.8) is 0 Å². The van der Waals surface area contributed by atoms with Gasteiger partial charge in [0.25, 0.3) is 5.91 Å². The van der Waals surface area contributed by atoms with Gasteiger partial charge in [-0.1, -0.05) is 11.6 Å². The number of carbonyl (C=O) groups is 1. The molecule has 0 unspecified atom stereocenters. The van der Waals surface area contributed by atoms with Gasteiger partial charge >= 0.3 is 0 Å². The van der Waals surface area contributed by atoms with E-state index >= 15 is 0 Å². The molecule has 3 rings (SSSR count). The summed E-state index contributed by atoms with van der Waals surface area (Å²) in [6.45, 7) is 3.96. The van der Waals surface area contributed by atoms with E-state index in [0.29, 0.717) is 10.7 Å². The number of amides is 1. The van der Waals surface area contributed by atoms with E-state index in [1.54, 1.807) is 12.3 Å². The van der Waals surface area contributed by atoms with Crippen LogP contribution in [0.3, 0.4) is 0 Å². The number of rotatable bonds is 1. The third-order valence-electron chi connectivity index (χ3n) is 4.50. The summed E-state index contributed by atoms with van der Waals surface area (Å²) in [5.41, 5.74) is 0.690. The lowest BCUT2D eigenvalue weighted by Gasteiger charge is -2.21. The fourth-order valence-corrected chi connectivity index (χ4v) is 3.57. The monoisotopic (exact) mass is 281 g/mol. The molecule has 0 aromatic carbocycles. The number of aryl methyl sites for hydroxylation is 1. The van der Waals surface area contributed by atoms with Crippen molar-refractivity contribution >= 4 is 17.5 Å². The summed E-state index contributed by atoms with van der Waals surface area (Å²) in [5, 5.41) is 4.08. The second kappa shape index (κ2) is 5.17. The summed E-state index contributed by atoms with van der Waals surface area (Å²) in [4.78, 5) is 14.5. The normalized spacial score (nSPS) is 27.2. The van der Waals surface area contributed by atoms with E-state index in [1.165, 1.54) is 0 Å². The van der Waals surface area contributed by atoms with Crippen LogP contribution < -0.4 is 5.32 Å². The van der Waals surface area contributed by atoms with Crippen LogP contribution in [0.15, 0.2) is 12.3 Å². The molecule has 19 heavy (non-hydrogen) atoms. The Morgan fingerprint density at radius 3 is 2.47 bits per heavy atom. The molecule has 2 saturated heterocycles. The largest absolute Gasteiger partial charge is 0.345 e. The molecule has 3 heterocycles. The van der Waals surface area contributed by atoms with Crippen molar-refractivity contribution in [3.8, 4) is 0 Å². The Morgan fingerprint density at radius 1 is 1.32 bits per heavy atom. The quantitative estimate of drug-likeness (QED) is 0.852. The summed E-state index contributed by atoms with van der Waals surface area (Å²) < 4.78 is 1.82. The van der Waals surface area contributed by atoms with Gasteiger partial charge in [-0.25, -0.2) is 0 Å². The highest BCUT2D eigenvalue weighted by atomic mass is 35.5. The van der Waals surface area contributed by atoms with Crippen LogP contribution in [-0.2, 0) is 7.05 Å². The number of halogens is 1. The van der Waals surface area contributed by atoms with E-state index in [4.69, 9.17) is 11.6 Å². The molecule has 0 bridgehead atoms. The molecule has 2 aliphatic rings. The zero-order chi connectivity index (χ0) is 13.4. The Kier molecular flexibility index (Phi) is 3.54. The number of nitrogens with zero attached hydrogens (tertiary/aromatic N) is 2. The van der Waals surface area contributed by atoms with E-state index in [0.717, 1.165) is 50.9 Å². The zero-order valence-electron chi connectivity index (χ0n) is 11.2. The molecule has 2 atom stereocenters. The first kappa shape index (κ1) is 13.0. The summed E-state index contributed by atoms with van der Waals surface area (Å²) in [6.07, 6.45) is 4.01. The lowest BCUT2D eigenvalue weighted by Crippen LogP contribution is -2.33. The first-order valence-electron chi connectivity index (χ1n) is 6.97. The highest BCUT2D eigenvalue weighted by molar-refractivity contribution is 6.31. The zero-order valence-corrected chi connectivity index (χ0v) is 12.0. The summed E-state index contributed by atoms with van der Waals surface area (Å²) in [7, 11) is 1.87. The van der Waals surface area contributed by atoms with Crippen molar-refractivity contribution in [2.45, 2.75) is 12.8 Å². The highest BCUT2D eigenvalue weighted by Gasteiger charge is 2.32. The van der Waals surface area contributed by atoms with Crippen molar-refractivity contribution < 1.29 is 4.79 Å². The molecule has 0 radical (unpaired) electrons. The average Bonchev–Trinajstić information content (AvgIpc) is 2.90. The number of nitrogens with one attached hydrogen (secondary N) is 1. The van der Waals surface area contributed by atoms with Crippen molar-refractivity contribution in [2.75, 3.05) is 26.2 Å². The van der Waals surface area contributed by atoms with Crippen LogP contribution in [-0.4, -0.2) is 41.6 Å².